The molecule has 0 spiro atoms. The highest BCUT2D eigenvalue weighted by Crippen LogP contribution is 2.22. The van der Waals surface area contributed by atoms with Gasteiger partial charge in [0.25, 0.3) is 0 Å². The minimum absolute atomic E-state index is 0.0772. The second-order valence-corrected chi connectivity index (χ2v) is 6.47. The van der Waals surface area contributed by atoms with Gasteiger partial charge in [-0.1, -0.05) is 26.7 Å². The zero-order chi connectivity index (χ0) is 16.0. The highest BCUT2D eigenvalue weighted by Gasteiger charge is 2.20. The maximum absolute atomic E-state index is 12.2. The summed E-state index contributed by atoms with van der Waals surface area (Å²) in [5.41, 5.74) is -0.178. The Bertz CT molecular complexity index is 593. The molecule has 0 heterocycles. The van der Waals surface area contributed by atoms with Crippen LogP contribution in [0.25, 0.3) is 0 Å². The van der Waals surface area contributed by atoms with Gasteiger partial charge in [-0.05, 0) is 24.1 Å². The Morgan fingerprint density at radius 2 is 1.95 bits per heavy atom. The Hall–Kier alpha value is -1.60. The van der Waals surface area contributed by atoms with E-state index in [-0.39, 0.29) is 22.1 Å². The molecule has 0 aliphatic heterocycles. The summed E-state index contributed by atoms with van der Waals surface area (Å²) in [5.74, 6) is -0.845. The summed E-state index contributed by atoms with van der Waals surface area (Å²) in [5, 5.41) is 9.58. The second kappa shape index (κ2) is 7.42. The van der Waals surface area contributed by atoms with Crippen LogP contribution in [0.5, 0.6) is 5.75 Å². The first-order valence-electron chi connectivity index (χ1n) is 6.76. The number of nitrogens with one attached hydrogen (secondary N) is 1. The van der Waals surface area contributed by atoms with Crippen molar-refractivity contribution < 1.29 is 23.1 Å². The summed E-state index contributed by atoms with van der Waals surface area (Å²) in [6.45, 7) is 4.33. The van der Waals surface area contributed by atoms with E-state index in [0.29, 0.717) is 6.54 Å². The van der Waals surface area contributed by atoms with Crippen molar-refractivity contribution in [3.8, 4) is 5.75 Å². The number of ether oxygens (including phenoxy) is 1. The van der Waals surface area contributed by atoms with Crippen LogP contribution in [0.3, 0.4) is 0 Å². The number of rotatable bonds is 7. The fourth-order valence-electron chi connectivity index (χ4n) is 1.84. The average molecular weight is 315 g/mol. The minimum Gasteiger partial charge on any atom is -0.507 e. The average Bonchev–Trinajstić information content (AvgIpc) is 2.47. The van der Waals surface area contributed by atoms with E-state index in [9.17, 15) is 18.3 Å². The van der Waals surface area contributed by atoms with Crippen molar-refractivity contribution in [3.63, 3.8) is 0 Å². The molecule has 21 heavy (non-hydrogen) atoms. The summed E-state index contributed by atoms with van der Waals surface area (Å²) in [6, 6.07) is 3.52. The number of aromatic hydroxyl groups is 1. The molecule has 7 heteroatoms. The topological polar surface area (TPSA) is 92.7 Å². The smallest absolute Gasteiger partial charge is 0.341 e. The van der Waals surface area contributed by atoms with Crippen molar-refractivity contribution >= 4 is 16.0 Å². The second-order valence-electron chi connectivity index (χ2n) is 4.70. The summed E-state index contributed by atoms with van der Waals surface area (Å²) >= 11 is 0. The molecule has 0 bridgehead atoms. The third kappa shape index (κ3) is 4.44. The zero-order valence-electron chi connectivity index (χ0n) is 12.4. The van der Waals surface area contributed by atoms with Crippen LogP contribution in [0.2, 0.25) is 0 Å². The molecule has 0 amide bonds. The largest absolute Gasteiger partial charge is 0.507 e. The number of esters is 1. The number of phenolic OH excluding ortho intramolecular Hbond substituents is 1. The Morgan fingerprint density at radius 1 is 1.33 bits per heavy atom. The number of methoxy groups -OCH3 is 1. The van der Waals surface area contributed by atoms with Crippen LogP contribution >= 0.6 is 0 Å². The summed E-state index contributed by atoms with van der Waals surface area (Å²) in [6.07, 6.45) is 1.75. The van der Waals surface area contributed by atoms with Crippen LogP contribution in [0.1, 0.15) is 37.0 Å². The molecular weight excluding hydrogens is 294 g/mol. The highest BCUT2D eigenvalue weighted by molar-refractivity contribution is 7.89. The van der Waals surface area contributed by atoms with Gasteiger partial charge in [-0.3, -0.25) is 0 Å². The molecule has 0 unspecified atom stereocenters. The maximum Gasteiger partial charge on any atom is 0.341 e. The Kier molecular flexibility index (Phi) is 6.17. The summed E-state index contributed by atoms with van der Waals surface area (Å²) in [7, 11) is -2.56. The lowest BCUT2D eigenvalue weighted by molar-refractivity contribution is 0.0597. The number of benzene rings is 1. The predicted octanol–water partition coefficient (Wildman–Crippen LogP) is 1.89. The van der Waals surface area contributed by atoms with Crippen molar-refractivity contribution in [2.24, 2.45) is 5.92 Å². The number of carbonyl (C=O) groups excluding carboxylic acids is 1. The molecule has 0 radical (unpaired) electrons. The van der Waals surface area contributed by atoms with Gasteiger partial charge in [-0.25, -0.2) is 17.9 Å². The highest BCUT2D eigenvalue weighted by atomic mass is 32.2. The molecule has 0 aliphatic carbocycles. The van der Waals surface area contributed by atoms with Gasteiger partial charge < -0.3 is 9.84 Å². The van der Waals surface area contributed by atoms with E-state index in [1.807, 2.05) is 13.8 Å². The van der Waals surface area contributed by atoms with E-state index >= 15 is 0 Å². The third-order valence-corrected chi connectivity index (χ3v) is 4.82. The standard InChI is InChI=1S/C14H21NO5S/c1-4-10(5-2)9-15-21(18,19)11-6-7-13(16)12(8-11)14(17)20-3/h6-8,10,15-16H,4-5,9H2,1-3H3. The molecule has 1 aromatic rings. The molecule has 0 saturated heterocycles. The van der Waals surface area contributed by atoms with Gasteiger partial charge in [0.05, 0.1) is 12.0 Å². The molecule has 0 atom stereocenters. The number of hydrogen-bond donors (Lipinski definition) is 2. The Balaban J connectivity index is 3.01. The van der Waals surface area contributed by atoms with Crippen LogP contribution in [0, 0.1) is 5.92 Å². The van der Waals surface area contributed by atoms with E-state index in [2.05, 4.69) is 9.46 Å². The Labute approximate surface area is 125 Å². The first-order chi connectivity index (χ1) is 9.85. The first-order valence-corrected chi connectivity index (χ1v) is 8.25. The minimum atomic E-state index is -3.73. The SMILES string of the molecule is CCC(CC)CNS(=O)(=O)c1ccc(O)c(C(=O)OC)c1. The van der Waals surface area contributed by atoms with Gasteiger partial charge in [0.2, 0.25) is 10.0 Å². The van der Waals surface area contributed by atoms with Crippen molar-refractivity contribution in [2.75, 3.05) is 13.7 Å². The van der Waals surface area contributed by atoms with Crippen LogP contribution in [-0.4, -0.2) is 33.1 Å². The van der Waals surface area contributed by atoms with Crippen LogP contribution in [-0.2, 0) is 14.8 Å². The summed E-state index contributed by atoms with van der Waals surface area (Å²) in [4.78, 5) is 11.4. The third-order valence-electron chi connectivity index (χ3n) is 3.40. The van der Waals surface area contributed by atoms with Crippen molar-refractivity contribution in [2.45, 2.75) is 31.6 Å². The summed E-state index contributed by atoms with van der Waals surface area (Å²) < 4.78 is 31.4. The lowest BCUT2D eigenvalue weighted by Gasteiger charge is -2.14. The molecule has 1 aromatic carbocycles. The molecule has 0 aromatic heterocycles. The molecule has 6 nitrogen and oxygen atoms in total. The van der Waals surface area contributed by atoms with Crippen molar-refractivity contribution in [1.29, 1.82) is 0 Å². The maximum atomic E-state index is 12.2. The fraction of sp³-hybridized carbons (Fsp3) is 0.500. The predicted molar refractivity (Wildman–Crippen MR) is 78.7 cm³/mol. The van der Waals surface area contributed by atoms with Crippen LogP contribution in [0.15, 0.2) is 23.1 Å². The first kappa shape index (κ1) is 17.5. The molecule has 1 rings (SSSR count). The number of sulfonamides is 1. The van der Waals surface area contributed by atoms with Crippen molar-refractivity contribution in [1.82, 2.24) is 4.72 Å². The number of carbonyl (C=O) groups is 1. The van der Waals surface area contributed by atoms with E-state index in [1.165, 1.54) is 6.07 Å². The lowest BCUT2D eigenvalue weighted by atomic mass is 10.0. The van der Waals surface area contributed by atoms with Gasteiger partial charge in [0.15, 0.2) is 0 Å². The van der Waals surface area contributed by atoms with Gasteiger partial charge >= 0.3 is 5.97 Å². The number of hydrogen-bond acceptors (Lipinski definition) is 5. The van der Waals surface area contributed by atoms with Gasteiger partial charge in [0.1, 0.15) is 11.3 Å². The molecule has 0 aliphatic rings. The van der Waals surface area contributed by atoms with Crippen LogP contribution in [0.4, 0.5) is 0 Å². The molecule has 0 saturated carbocycles. The fourth-order valence-corrected chi connectivity index (χ4v) is 2.99. The lowest BCUT2D eigenvalue weighted by Crippen LogP contribution is -2.29. The molecule has 0 fully saturated rings. The van der Waals surface area contributed by atoms with E-state index < -0.39 is 16.0 Å². The molecule has 118 valence electrons. The van der Waals surface area contributed by atoms with E-state index in [1.54, 1.807) is 0 Å². The van der Waals surface area contributed by atoms with Gasteiger partial charge in [-0.2, -0.15) is 0 Å². The Morgan fingerprint density at radius 3 is 2.48 bits per heavy atom. The van der Waals surface area contributed by atoms with E-state index in [0.717, 1.165) is 32.1 Å². The molecular formula is C14H21NO5S. The number of phenols is 1. The normalized spacial score (nSPS) is 11.6. The van der Waals surface area contributed by atoms with Crippen LogP contribution < -0.4 is 4.72 Å². The van der Waals surface area contributed by atoms with Gasteiger partial charge in [0, 0.05) is 6.54 Å². The quantitative estimate of drug-likeness (QED) is 0.750. The molecule has 2 N–H and O–H groups in total. The van der Waals surface area contributed by atoms with Crippen molar-refractivity contribution in [3.05, 3.63) is 23.8 Å². The monoisotopic (exact) mass is 315 g/mol. The van der Waals surface area contributed by atoms with Gasteiger partial charge in [-0.15, -0.1) is 0 Å². The van der Waals surface area contributed by atoms with E-state index in [4.69, 9.17) is 0 Å². The zero-order valence-corrected chi connectivity index (χ0v) is 13.2.